The first kappa shape index (κ1) is 11.1. The van der Waals surface area contributed by atoms with Crippen LogP contribution >= 0.6 is 0 Å². The summed E-state index contributed by atoms with van der Waals surface area (Å²) in [6.45, 7) is 0.545. The van der Waals surface area contributed by atoms with Crippen LogP contribution in [0.4, 0.5) is 0 Å². The molecule has 0 saturated heterocycles. The molecular formula is C13H17NO2. The fourth-order valence-corrected chi connectivity index (χ4v) is 2.16. The molecule has 0 heterocycles. The maximum absolute atomic E-state index is 11.8. The Morgan fingerprint density at radius 2 is 2.06 bits per heavy atom. The molecular weight excluding hydrogens is 202 g/mol. The quantitative estimate of drug-likeness (QED) is 0.808. The van der Waals surface area contributed by atoms with Crippen LogP contribution in [0.2, 0.25) is 0 Å². The Morgan fingerprint density at radius 1 is 1.31 bits per heavy atom. The molecule has 3 nitrogen and oxygen atoms in total. The van der Waals surface area contributed by atoms with E-state index in [1.807, 2.05) is 30.3 Å². The predicted molar refractivity (Wildman–Crippen MR) is 61.6 cm³/mol. The molecule has 1 aromatic rings. The fraction of sp³-hybridized carbons (Fsp3) is 0.462. The van der Waals surface area contributed by atoms with E-state index in [0.29, 0.717) is 6.54 Å². The molecule has 1 aliphatic carbocycles. The number of amides is 1. The van der Waals surface area contributed by atoms with Crippen molar-refractivity contribution in [3.63, 3.8) is 0 Å². The topological polar surface area (TPSA) is 49.3 Å². The van der Waals surface area contributed by atoms with E-state index in [9.17, 15) is 9.90 Å². The van der Waals surface area contributed by atoms with Gasteiger partial charge in [0.1, 0.15) is 0 Å². The van der Waals surface area contributed by atoms with Gasteiger partial charge in [-0.2, -0.15) is 0 Å². The van der Waals surface area contributed by atoms with Crippen molar-refractivity contribution in [3.05, 3.63) is 35.9 Å². The molecule has 1 aromatic carbocycles. The maximum atomic E-state index is 11.8. The average Bonchev–Trinajstić information content (AvgIpc) is 2.74. The maximum Gasteiger partial charge on any atom is 0.225 e. The van der Waals surface area contributed by atoms with Crippen molar-refractivity contribution in [2.24, 2.45) is 5.92 Å². The first-order chi connectivity index (χ1) is 7.77. The number of rotatable bonds is 3. The summed E-state index contributed by atoms with van der Waals surface area (Å²) in [5, 5.41) is 12.5. The Labute approximate surface area is 95.5 Å². The summed E-state index contributed by atoms with van der Waals surface area (Å²) < 4.78 is 0. The highest BCUT2D eigenvalue weighted by molar-refractivity contribution is 5.79. The van der Waals surface area contributed by atoms with Gasteiger partial charge in [-0.1, -0.05) is 30.3 Å². The number of aliphatic hydroxyl groups excluding tert-OH is 1. The summed E-state index contributed by atoms with van der Waals surface area (Å²) in [7, 11) is 0. The molecule has 3 heteroatoms. The first-order valence-corrected chi connectivity index (χ1v) is 5.77. The normalized spacial score (nSPS) is 24.3. The second kappa shape index (κ2) is 5.12. The van der Waals surface area contributed by atoms with Crippen molar-refractivity contribution >= 4 is 5.91 Å². The van der Waals surface area contributed by atoms with Gasteiger partial charge in [0.15, 0.2) is 0 Å². The smallest absolute Gasteiger partial charge is 0.225 e. The molecule has 1 amide bonds. The first-order valence-electron chi connectivity index (χ1n) is 5.77. The van der Waals surface area contributed by atoms with Crippen LogP contribution in [0.5, 0.6) is 0 Å². The van der Waals surface area contributed by atoms with Gasteiger partial charge in [-0.3, -0.25) is 4.79 Å². The van der Waals surface area contributed by atoms with Gasteiger partial charge in [0.2, 0.25) is 5.91 Å². The van der Waals surface area contributed by atoms with Crippen LogP contribution in [0.3, 0.4) is 0 Å². The number of hydrogen-bond donors (Lipinski definition) is 2. The summed E-state index contributed by atoms with van der Waals surface area (Å²) in [4.78, 5) is 11.8. The molecule has 16 heavy (non-hydrogen) atoms. The van der Waals surface area contributed by atoms with E-state index in [1.54, 1.807) is 0 Å². The van der Waals surface area contributed by atoms with Gasteiger partial charge in [0.25, 0.3) is 0 Å². The van der Waals surface area contributed by atoms with Crippen molar-refractivity contribution in [2.45, 2.75) is 31.9 Å². The van der Waals surface area contributed by atoms with E-state index in [-0.39, 0.29) is 11.8 Å². The molecule has 2 N–H and O–H groups in total. The van der Waals surface area contributed by atoms with Gasteiger partial charge >= 0.3 is 0 Å². The van der Waals surface area contributed by atoms with Crippen molar-refractivity contribution in [2.75, 3.05) is 0 Å². The molecule has 2 atom stereocenters. The Kier molecular flexibility index (Phi) is 3.57. The molecule has 2 rings (SSSR count). The number of carbonyl (C=O) groups is 1. The third kappa shape index (κ3) is 2.61. The van der Waals surface area contributed by atoms with Crippen LogP contribution in [-0.2, 0) is 11.3 Å². The number of aliphatic hydroxyl groups is 1. The highest BCUT2D eigenvalue weighted by Crippen LogP contribution is 2.25. The molecule has 0 aromatic heterocycles. The van der Waals surface area contributed by atoms with E-state index in [0.717, 1.165) is 24.8 Å². The zero-order valence-electron chi connectivity index (χ0n) is 9.23. The van der Waals surface area contributed by atoms with Gasteiger partial charge in [-0.15, -0.1) is 0 Å². The Bertz CT molecular complexity index is 350. The average molecular weight is 219 g/mol. The fourth-order valence-electron chi connectivity index (χ4n) is 2.16. The second-order valence-electron chi connectivity index (χ2n) is 4.31. The summed E-state index contributed by atoms with van der Waals surface area (Å²) in [6.07, 6.45) is 2.06. The van der Waals surface area contributed by atoms with E-state index < -0.39 is 6.10 Å². The Hall–Kier alpha value is -1.35. The van der Waals surface area contributed by atoms with Crippen molar-refractivity contribution < 1.29 is 9.90 Å². The Balaban J connectivity index is 1.84. The minimum absolute atomic E-state index is 0.0196. The lowest BCUT2D eigenvalue weighted by Crippen LogP contribution is -2.34. The van der Waals surface area contributed by atoms with Crippen LogP contribution in [0.1, 0.15) is 24.8 Å². The third-order valence-corrected chi connectivity index (χ3v) is 3.13. The number of hydrogen-bond acceptors (Lipinski definition) is 2. The van der Waals surface area contributed by atoms with Crippen LogP contribution in [0.25, 0.3) is 0 Å². The van der Waals surface area contributed by atoms with Crippen molar-refractivity contribution in [1.82, 2.24) is 5.32 Å². The monoisotopic (exact) mass is 219 g/mol. The van der Waals surface area contributed by atoms with Crippen molar-refractivity contribution in [3.8, 4) is 0 Å². The van der Waals surface area contributed by atoms with Gasteiger partial charge in [-0.25, -0.2) is 0 Å². The largest absolute Gasteiger partial charge is 0.392 e. The highest BCUT2D eigenvalue weighted by atomic mass is 16.3. The van der Waals surface area contributed by atoms with E-state index in [1.165, 1.54) is 0 Å². The minimum Gasteiger partial charge on any atom is -0.392 e. The molecule has 0 unspecified atom stereocenters. The lowest BCUT2D eigenvalue weighted by atomic mass is 10.1. The second-order valence-corrected chi connectivity index (χ2v) is 4.31. The summed E-state index contributed by atoms with van der Waals surface area (Å²) in [5.41, 5.74) is 1.09. The lowest BCUT2D eigenvalue weighted by molar-refractivity contribution is -0.127. The number of carbonyl (C=O) groups excluding carboxylic acids is 1. The van der Waals surface area contributed by atoms with E-state index in [4.69, 9.17) is 0 Å². The third-order valence-electron chi connectivity index (χ3n) is 3.13. The van der Waals surface area contributed by atoms with Crippen LogP contribution in [-0.4, -0.2) is 17.1 Å². The van der Waals surface area contributed by atoms with Crippen LogP contribution in [0, 0.1) is 5.92 Å². The summed E-state index contributed by atoms with van der Waals surface area (Å²) in [6, 6.07) is 9.81. The highest BCUT2D eigenvalue weighted by Gasteiger charge is 2.30. The molecule has 0 spiro atoms. The predicted octanol–water partition coefficient (Wildman–Crippen LogP) is 1.46. The molecule has 86 valence electrons. The van der Waals surface area contributed by atoms with Gasteiger partial charge < -0.3 is 10.4 Å². The Morgan fingerprint density at radius 3 is 2.69 bits per heavy atom. The van der Waals surface area contributed by atoms with E-state index in [2.05, 4.69) is 5.32 Å². The van der Waals surface area contributed by atoms with Crippen LogP contribution < -0.4 is 5.32 Å². The van der Waals surface area contributed by atoms with Gasteiger partial charge in [-0.05, 0) is 24.8 Å². The standard InChI is InChI=1S/C13H17NO2/c15-12-8-4-7-11(12)13(16)14-9-10-5-2-1-3-6-10/h1-3,5-6,11-12,15H,4,7-9H2,(H,14,16)/t11-,12-/m0/s1. The lowest BCUT2D eigenvalue weighted by Gasteiger charge is -2.14. The van der Waals surface area contributed by atoms with Crippen molar-refractivity contribution in [1.29, 1.82) is 0 Å². The summed E-state index contributed by atoms with van der Waals surface area (Å²) in [5.74, 6) is -0.224. The minimum atomic E-state index is -0.448. The molecule has 1 aliphatic rings. The molecule has 0 aliphatic heterocycles. The molecule has 0 bridgehead atoms. The van der Waals surface area contributed by atoms with Crippen LogP contribution in [0.15, 0.2) is 30.3 Å². The zero-order chi connectivity index (χ0) is 11.4. The summed E-state index contributed by atoms with van der Waals surface area (Å²) >= 11 is 0. The molecule has 1 fully saturated rings. The molecule has 0 radical (unpaired) electrons. The number of benzene rings is 1. The zero-order valence-corrected chi connectivity index (χ0v) is 9.23. The number of nitrogens with one attached hydrogen (secondary N) is 1. The van der Waals surface area contributed by atoms with E-state index >= 15 is 0 Å². The van der Waals surface area contributed by atoms with Gasteiger partial charge in [0, 0.05) is 6.54 Å². The SMILES string of the molecule is O=C(NCc1ccccc1)[C@H]1CCC[C@@H]1O. The molecule has 1 saturated carbocycles. The van der Waals surface area contributed by atoms with Gasteiger partial charge in [0.05, 0.1) is 12.0 Å².